The molecule has 0 aliphatic heterocycles. The third-order valence-electron chi connectivity index (χ3n) is 1.23. The highest BCUT2D eigenvalue weighted by Gasteiger charge is 1.98. The van der Waals surface area contributed by atoms with Crippen molar-refractivity contribution < 1.29 is 4.79 Å². The van der Waals surface area contributed by atoms with Gasteiger partial charge < -0.3 is 0 Å². The molecule has 1 heterocycles. The normalized spacial score (nSPS) is 8.50. The molecule has 0 saturated carbocycles. The van der Waals surface area contributed by atoms with Crippen molar-refractivity contribution >= 4 is 18.7 Å². The fourth-order valence-corrected chi connectivity index (χ4v) is 0.707. The summed E-state index contributed by atoms with van der Waals surface area (Å²) >= 11 is 0. The Kier molecular flexibility index (Phi) is 3.72. The molecule has 0 atom stereocenters. The highest BCUT2D eigenvalue weighted by Crippen LogP contribution is 1.99. The topological polar surface area (TPSA) is 45.8 Å². The molecule has 0 spiro atoms. The lowest BCUT2D eigenvalue weighted by atomic mass is 10.2. The predicted octanol–water partition coefficient (Wildman–Crippen LogP) is 1.21. The molecular weight excluding hydrogens is 152 g/mol. The van der Waals surface area contributed by atoms with E-state index in [4.69, 9.17) is 0 Å². The Balaban J connectivity index is 0.000000810. The number of nitrogens with zero attached hydrogens (tertiary/aromatic N) is 1. The summed E-state index contributed by atoms with van der Waals surface area (Å²) in [6, 6.07) is 0. The monoisotopic (exact) mass is 160 g/mol. The van der Waals surface area contributed by atoms with Gasteiger partial charge in [-0.25, -0.2) is 0 Å². The van der Waals surface area contributed by atoms with Crippen molar-refractivity contribution in [3.8, 4) is 0 Å². The Morgan fingerprint density at radius 3 is 2.90 bits per heavy atom. The number of aryl methyl sites for hydroxylation is 1. The smallest absolute Gasteiger partial charge is 0.153 e. The van der Waals surface area contributed by atoms with Gasteiger partial charge >= 0.3 is 0 Å². The van der Waals surface area contributed by atoms with E-state index in [0.717, 1.165) is 18.4 Å². The van der Waals surface area contributed by atoms with Crippen LogP contribution >= 0.6 is 12.4 Å². The summed E-state index contributed by atoms with van der Waals surface area (Å²) in [6.45, 7) is 1.97. The van der Waals surface area contributed by atoms with E-state index in [0.29, 0.717) is 5.56 Å². The van der Waals surface area contributed by atoms with Crippen LogP contribution in [0, 0.1) is 0 Å². The van der Waals surface area contributed by atoms with Crippen molar-refractivity contribution in [3.63, 3.8) is 0 Å². The second-order valence-corrected chi connectivity index (χ2v) is 1.78. The van der Waals surface area contributed by atoms with E-state index < -0.39 is 0 Å². The fourth-order valence-electron chi connectivity index (χ4n) is 0.707. The first-order valence-electron chi connectivity index (χ1n) is 2.86. The van der Waals surface area contributed by atoms with Crippen LogP contribution in [0.3, 0.4) is 0 Å². The van der Waals surface area contributed by atoms with Crippen molar-refractivity contribution in [2.24, 2.45) is 0 Å². The maximum atomic E-state index is 10.2. The SMILES string of the molecule is CCc1[nH]ncc1C=O.Cl. The predicted molar refractivity (Wildman–Crippen MR) is 40.6 cm³/mol. The zero-order valence-corrected chi connectivity index (χ0v) is 6.44. The molecule has 0 radical (unpaired) electrons. The second kappa shape index (κ2) is 4.06. The molecule has 10 heavy (non-hydrogen) atoms. The minimum atomic E-state index is 0. The largest absolute Gasteiger partial charge is 0.298 e. The van der Waals surface area contributed by atoms with Crippen molar-refractivity contribution in [1.82, 2.24) is 10.2 Å². The van der Waals surface area contributed by atoms with Gasteiger partial charge in [-0.15, -0.1) is 12.4 Å². The molecule has 0 aromatic carbocycles. The van der Waals surface area contributed by atoms with Crippen LogP contribution in [-0.4, -0.2) is 16.5 Å². The van der Waals surface area contributed by atoms with Crippen LogP contribution in [0.2, 0.25) is 0 Å². The number of aldehydes is 1. The van der Waals surface area contributed by atoms with Crippen molar-refractivity contribution in [3.05, 3.63) is 17.5 Å². The van der Waals surface area contributed by atoms with E-state index >= 15 is 0 Å². The molecule has 0 aliphatic rings. The van der Waals surface area contributed by atoms with Crippen molar-refractivity contribution in [1.29, 1.82) is 0 Å². The fraction of sp³-hybridized carbons (Fsp3) is 0.333. The van der Waals surface area contributed by atoms with Gasteiger partial charge in [-0.3, -0.25) is 9.89 Å². The molecule has 1 rings (SSSR count). The quantitative estimate of drug-likeness (QED) is 0.661. The highest BCUT2D eigenvalue weighted by molar-refractivity contribution is 5.85. The molecule has 0 amide bonds. The molecule has 0 unspecified atom stereocenters. The van der Waals surface area contributed by atoms with Crippen LogP contribution in [0.5, 0.6) is 0 Å². The van der Waals surface area contributed by atoms with Crippen LogP contribution in [0.1, 0.15) is 23.0 Å². The molecule has 56 valence electrons. The molecule has 0 bridgehead atoms. The summed E-state index contributed by atoms with van der Waals surface area (Å²) in [5.41, 5.74) is 1.57. The average molecular weight is 161 g/mol. The lowest BCUT2D eigenvalue weighted by Gasteiger charge is -1.86. The van der Waals surface area contributed by atoms with Crippen LogP contribution in [0.15, 0.2) is 6.20 Å². The summed E-state index contributed by atoms with van der Waals surface area (Å²) in [6.07, 6.45) is 3.17. The van der Waals surface area contributed by atoms with Crippen molar-refractivity contribution in [2.75, 3.05) is 0 Å². The number of nitrogens with one attached hydrogen (secondary N) is 1. The van der Waals surface area contributed by atoms with Gasteiger partial charge in [0.15, 0.2) is 6.29 Å². The van der Waals surface area contributed by atoms with Crippen LogP contribution in [0.4, 0.5) is 0 Å². The van der Waals surface area contributed by atoms with Crippen molar-refractivity contribution in [2.45, 2.75) is 13.3 Å². The summed E-state index contributed by atoms with van der Waals surface area (Å²) < 4.78 is 0. The number of H-pyrrole nitrogens is 1. The lowest BCUT2D eigenvalue weighted by Crippen LogP contribution is -1.85. The molecular formula is C6H9ClN2O. The number of hydrogen-bond acceptors (Lipinski definition) is 2. The minimum Gasteiger partial charge on any atom is -0.298 e. The lowest BCUT2D eigenvalue weighted by molar-refractivity contribution is 0.112. The maximum Gasteiger partial charge on any atom is 0.153 e. The highest BCUT2D eigenvalue weighted by atomic mass is 35.5. The summed E-state index contributed by atoms with van der Waals surface area (Å²) in [7, 11) is 0. The van der Waals surface area contributed by atoms with Gasteiger partial charge in [-0.1, -0.05) is 6.92 Å². The van der Waals surface area contributed by atoms with Crippen LogP contribution < -0.4 is 0 Å². The molecule has 1 aromatic rings. The van der Waals surface area contributed by atoms with Crippen LogP contribution in [0.25, 0.3) is 0 Å². The first-order valence-corrected chi connectivity index (χ1v) is 2.86. The molecule has 0 aliphatic carbocycles. The standard InChI is InChI=1S/C6H8N2O.ClH/c1-2-6-5(4-9)3-7-8-6;/h3-4H,2H2,1H3,(H,7,8);1H. The average Bonchev–Trinajstić information content (AvgIpc) is 2.33. The van der Waals surface area contributed by atoms with E-state index in [1.807, 2.05) is 6.92 Å². The molecule has 0 saturated heterocycles. The van der Waals surface area contributed by atoms with Crippen LogP contribution in [-0.2, 0) is 6.42 Å². The van der Waals surface area contributed by atoms with Gasteiger partial charge in [-0.2, -0.15) is 5.10 Å². The zero-order chi connectivity index (χ0) is 6.69. The van der Waals surface area contributed by atoms with Gasteiger partial charge in [0.1, 0.15) is 0 Å². The Morgan fingerprint density at radius 2 is 2.50 bits per heavy atom. The Bertz CT molecular complexity index is 209. The number of halogens is 1. The van der Waals surface area contributed by atoms with Gasteiger partial charge in [0, 0.05) is 5.69 Å². The minimum absolute atomic E-state index is 0. The first kappa shape index (κ1) is 9.17. The zero-order valence-electron chi connectivity index (χ0n) is 5.63. The number of aromatic nitrogens is 2. The van der Waals surface area contributed by atoms with Gasteiger partial charge in [0.2, 0.25) is 0 Å². The van der Waals surface area contributed by atoms with E-state index in [-0.39, 0.29) is 12.4 Å². The Labute approximate surface area is 65.2 Å². The third kappa shape index (κ3) is 1.57. The number of rotatable bonds is 2. The Hall–Kier alpha value is -0.830. The molecule has 1 N–H and O–H groups in total. The number of carbonyl (C=O) groups excluding carboxylic acids is 1. The summed E-state index contributed by atoms with van der Waals surface area (Å²) in [5, 5.41) is 6.43. The Morgan fingerprint density at radius 1 is 1.80 bits per heavy atom. The number of hydrogen-bond donors (Lipinski definition) is 1. The first-order chi connectivity index (χ1) is 4.38. The second-order valence-electron chi connectivity index (χ2n) is 1.78. The van der Waals surface area contributed by atoms with Gasteiger partial charge in [-0.05, 0) is 6.42 Å². The summed E-state index contributed by atoms with van der Waals surface area (Å²) in [5.74, 6) is 0. The molecule has 1 aromatic heterocycles. The maximum absolute atomic E-state index is 10.2. The third-order valence-corrected chi connectivity index (χ3v) is 1.23. The van der Waals surface area contributed by atoms with E-state index in [1.165, 1.54) is 6.20 Å². The number of aromatic amines is 1. The van der Waals surface area contributed by atoms with Gasteiger partial charge in [0.05, 0.1) is 11.8 Å². The summed E-state index contributed by atoms with van der Waals surface area (Å²) in [4.78, 5) is 10.2. The molecule has 4 heteroatoms. The molecule has 3 nitrogen and oxygen atoms in total. The number of carbonyl (C=O) groups is 1. The van der Waals surface area contributed by atoms with E-state index in [2.05, 4.69) is 10.2 Å². The van der Waals surface area contributed by atoms with Gasteiger partial charge in [0.25, 0.3) is 0 Å². The van der Waals surface area contributed by atoms with E-state index in [9.17, 15) is 4.79 Å². The van der Waals surface area contributed by atoms with E-state index in [1.54, 1.807) is 0 Å². The molecule has 0 fully saturated rings.